The average Bonchev–Trinajstić information content (AvgIpc) is 2.97. The Morgan fingerprint density at radius 1 is 1.39 bits per heavy atom. The Morgan fingerprint density at radius 3 is 3.17 bits per heavy atom. The van der Waals surface area contributed by atoms with Gasteiger partial charge in [0.25, 0.3) is 0 Å². The van der Waals surface area contributed by atoms with E-state index in [1.807, 2.05) is 12.1 Å². The molecule has 18 heavy (non-hydrogen) atoms. The summed E-state index contributed by atoms with van der Waals surface area (Å²) in [4.78, 5) is 1.37. The molecule has 0 radical (unpaired) electrons. The Hall–Kier alpha value is -0.840. The highest BCUT2D eigenvalue weighted by Crippen LogP contribution is 2.30. The molecule has 0 fully saturated rings. The van der Waals surface area contributed by atoms with Crippen LogP contribution in [0.5, 0.6) is 5.75 Å². The fraction of sp³-hybridized carbons (Fsp3) is 0.286. The summed E-state index contributed by atoms with van der Waals surface area (Å²) in [5, 5.41) is 5.56. The number of hydrogen-bond donors (Lipinski definition) is 1. The fourth-order valence-corrected chi connectivity index (χ4v) is 3.26. The molecular formula is C14H14BrNOS. The molecule has 0 saturated heterocycles. The van der Waals surface area contributed by atoms with Crippen LogP contribution >= 0.6 is 27.3 Å². The maximum absolute atomic E-state index is 5.90. The van der Waals surface area contributed by atoms with Crippen LogP contribution in [0.4, 0.5) is 0 Å². The Labute approximate surface area is 119 Å². The van der Waals surface area contributed by atoms with Crippen LogP contribution in [0, 0.1) is 0 Å². The molecule has 1 N–H and O–H groups in total. The van der Waals surface area contributed by atoms with Gasteiger partial charge in [-0.15, -0.1) is 11.3 Å². The van der Waals surface area contributed by atoms with E-state index >= 15 is 0 Å². The fourth-order valence-electron chi connectivity index (χ4n) is 2.17. The van der Waals surface area contributed by atoms with Crippen LogP contribution in [0.3, 0.4) is 0 Å². The van der Waals surface area contributed by atoms with Gasteiger partial charge < -0.3 is 10.1 Å². The van der Waals surface area contributed by atoms with E-state index in [1.165, 1.54) is 10.4 Å². The van der Waals surface area contributed by atoms with Crippen molar-refractivity contribution in [3.63, 3.8) is 0 Å². The molecule has 3 rings (SSSR count). The van der Waals surface area contributed by atoms with Crippen molar-refractivity contribution in [3.05, 3.63) is 50.6 Å². The van der Waals surface area contributed by atoms with Gasteiger partial charge in [-0.1, -0.05) is 22.0 Å². The van der Waals surface area contributed by atoms with Crippen LogP contribution in [0.2, 0.25) is 0 Å². The zero-order valence-corrected chi connectivity index (χ0v) is 12.3. The summed E-state index contributed by atoms with van der Waals surface area (Å²) in [7, 11) is 0. The first kappa shape index (κ1) is 12.2. The number of thiophene rings is 1. The van der Waals surface area contributed by atoms with Gasteiger partial charge in [0.1, 0.15) is 11.9 Å². The van der Waals surface area contributed by atoms with Gasteiger partial charge in [-0.25, -0.2) is 0 Å². The van der Waals surface area contributed by atoms with Gasteiger partial charge in [-0.3, -0.25) is 0 Å². The summed E-state index contributed by atoms with van der Waals surface area (Å²) in [6.07, 6.45) is 1.25. The third-order valence-electron chi connectivity index (χ3n) is 3.02. The number of nitrogens with one attached hydrogen (secondary N) is 1. The molecule has 0 amide bonds. The quantitative estimate of drug-likeness (QED) is 0.928. The van der Waals surface area contributed by atoms with Gasteiger partial charge in [-0.2, -0.15) is 0 Å². The number of benzene rings is 1. The predicted octanol–water partition coefficient (Wildman–Crippen LogP) is 3.60. The SMILES string of the molecule is Brc1ccc2c(c1)CC(CNCc1cccs1)O2. The zero-order valence-electron chi connectivity index (χ0n) is 9.86. The minimum absolute atomic E-state index is 0.259. The first-order chi connectivity index (χ1) is 8.81. The minimum Gasteiger partial charge on any atom is -0.488 e. The maximum atomic E-state index is 5.90. The molecule has 1 aromatic heterocycles. The molecule has 1 aliphatic rings. The molecule has 94 valence electrons. The van der Waals surface area contributed by atoms with Crippen molar-refractivity contribution in [3.8, 4) is 5.75 Å². The van der Waals surface area contributed by atoms with Crippen molar-refractivity contribution in [2.45, 2.75) is 19.1 Å². The summed E-state index contributed by atoms with van der Waals surface area (Å²) in [6, 6.07) is 10.5. The Bertz CT molecular complexity index is 527. The largest absolute Gasteiger partial charge is 0.488 e. The molecule has 2 nitrogen and oxygen atoms in total. The number of fused-ring (bicyclic) bond motifs is 1. The lowest BCUT2D eigenvalue weighted by Gasteiger charge is -2.11. The highest BCUT2D eigenvalue weighted by molar-refractivity contribution is 9.10. The van der Waals surface area contributed by atoms with E-state index in [-0.39, 0.29) is 6.10 Å². The molecular weight excluding hydrogens is 310 g/mol. The topological polar surface area (TPSA) is 21.3 Å². The second kappa shape index (κ2) is 5.43. The monoisotopic (exact) mass is 323 g/mol. The van der Waals surface area contributed by atoms with Crippen LogP contribution in [-0.4, -0.2) is 12.6 Å². The van der Waals surface area contributed by atoms with Crippen molar-refractivity contribution in [1.82, 2.24) is 5.32 Å². The lowest BCUT2D eigenvalue weighted by molar-refractivity contribution is 0.227. The van der Waals surface area contributed by atoms with E-state index in [0.717, 1.165) is 29.7 Å². The van der Waals surface area contributed by atoms with E-state index in [4.69, 9.17) is 4.74 Å². The van der Waals surface area contributed by atoms with Crippen LogP contribution in [-0.2, 0) is 13.0 Å². The lowest BCUT2D eigenvalue weighted by Crippen LogP contribution is -2.29. The molecule has 0 spiro atoms. The molecule has 1 unspecified atom stereocenters. The molecule has 0 bridgehead atoms. The van der Waals surface area contributed by atoms with E-state index in [9.17, 15) is 0 Å². The maximum Gasteiger partial charge on any atom is 0.123 e. The van der Waals surface area contributed by atoms with Crippen LogP contribution in [0.25, 0.3) is 0 Å². The van der Waals surface area contributed by atoms with E-state index < -0.39 is 0 Å². The molecule has 2 heterocycles. The molecule has 0 aliphatic carbocycles. The molecule has 1 aliphatic heterocycles. The normalized spacial score (nSPS) is 17.5. The third-order valence-corrected chi connectivity index (χ3v) is 4.38. The molecule has 0 saturated carbocycles. The van der Waals surface area contributed by atoms with Crippen molar-refractivity contribution in [2.24, 2.45) is 0 Å². The van der Waals surface area contributed by atoms with E-state index in [2.05, 4.69) is 44.8 Å². The Kier molecular flexibility index (Phi) is 3.68. The van der Waals surface area contributed by atoms with Crippen molar-refractivity contribution < 1.29 is 4.74 Å². The second-order valence-electron chi connectivity index (χ2n) is 4.41. The molecule has 1 atom stereocenters. The summed E-state index contributed by atoms with van der Waals surface area (Å²) in [6.45, 7) is 1.82. The lowest BCUT2D eigenvalue weighted by atomic mass is 10.1. The van der Waals surface area contributed by atoms with Gasteiger partial charge in [0.2, 0.25) is 0 Å². The highest BCUT2D eigenvalue weighted by atomic mass is 79.9. The summed E-state index contributed by atoms with van der Waals surface area (Å²) < 4.78 is 7.02. The molecule has 2 aromatic rings. The van der Waals surface area contributed by atoms with Crippen molar-refractivity contribution in [2.75, 3.05) is 6.54 Å². The highest BCUT2D eigenvalue weighted by Gasteiger charge is 2.22. The summed E-state index contributed by atoms with van der Waals surface area (Å²) in [5.41, 5.74) is 1.30. The minimum atomic E-state index is 0.259. The van der Waals surface area contributed by atoms with Gasteiger partial charge in [-0.05, 0) is 35.2 Å². The first-order valence-electron chi connectivity index (χ1n) is 5.99. The standard InChI is InChI=1S/C14H14BrNOS/c15-11-3-4-14-10(6-11)7-12(17-14)8-16-9-13-2-1-5-18-13/h1-6,12,16H,7-9H2. The van der Waals surface area contributed by atoms with Gasteiger partial charge in [0.05, 0.1) is 0 Å². The number of ether oxygens (including phenoxy) is 1. The Balaban J connectivity index is 1.52. The van der Waals surface area contributed by atoms with Crippen LogP contribution < -0.4 is 10.1 Å². The van der Waals surface area contributed by atoms with Gasteiger partial charge in [0, 0.05) is 28.9 Å². The molecule has 4 heteroatoms. The second-order valence-corrected chi connectivity index (χ2v) is 6.35. The first-order valence-corrected chi connectivity index (χ1v) is 7.67. The summed E-state index contributed by atoms with van der Waals surface area (Å²) >= 11 is 5.28. The van der Waals surface area contributed by atoms with Gasteiger partial charge >= 0.3 is 0 Å². The zero-order chi connectivity index (χ0) is 12.4. The Morgan fingerprint density at radius 2 is 2.33 bits per heavy atom. The van der Waals surface area contributed by atoms with E-state index in [1.54, 1.807) is 11.3 Å². The molecule has 1 aromatic carbocycles. The number of rotatable bonds is 4. The average molecular weight is 324 g/mol. The van der Waals surface area contributed by atoms with Crippen LogP contribution in [0.15, 0.2) is 40.2 Å². The predicted molar refractivity (Wildman–Crippen MR) is 78.3 cm³/mol. The third kappa shape index (κ3) is 2.76. The number of halogens is 1. The van der Waals surface area contributed by atoms with Crippen LogP contribution in [0.1, 0.15) is 10.4 Å². The smallest absolute Gasteiger partial charge is 0.123 e. The van der Waals surface area contributed by atoms with Crippen molar-refractivity contribution in [1.29, 1.82) is 0 Å². The summed E-state index contributed by atoms with van der Waals surface area (Å²) in [5.74, 6) is 1.03. The van der Waals surface area contributed by atoms with Gasteiger partial charge in [0.15, 0.2) is 0 Å². The van der Waals surface area contributed by atoms with E-state index in [0.29, 0.717) is 0 Å². The number of hydrogen-bond acceptors (Lipinski definition) is 3. The van der Waals surface area contributed by atoms with Crippen molar-refractivity contribution >= 4 is 27.3 Å².